The van der Waals surface area contributed by atoms with Gasteiger partial charge in [-0.15, -0.1) is 0 Å². The lowest BCUT2D eigenvalue weighted by Crippen LogP contribution is -2.50. The molecule has 0 aliphatic carbocycles. The molecule has 0 unspecified atom stereocenters. The number of benzene rings is 2. The van der Waals surface area contributed by atoms with Gasteiger partial charge in [0.25, 0.3) is 0 Å². The average molecular weight is 538 g/mol. The van der Waals surface area contributed by atoms with Crippen LogP contribution in [0.15, 0.2) is 53.7 Å². The first-order chi connectivity index (χ1) is 18.3. The van der Waals surface area contributed by atoms with Gasteiger partial charge in [-0.3, -0.25) is 0 Å². The second kappa shape index (κ2) is 11.1. The zero-order valence-electron chi connectivity index (χ0n) is 22.1. The van der Waals surface area contributed by atoms with Crippen LogP contribution in [-0.4, -0.2) is 72.9 Å². The molecule has 2 aliphatic rings. The third kappa shape index (κ3) is 5.53. The molecular weight excluding hydrogens is 502 g/mol. The van der Waals surface area contributed by atoms with Crippen LogP contribution in [0.1, 0.15) is 33.1 Å². The van der Waals surface area contributed by atoms with Crippen LogP contribution in [-0.2, 0) is 9.84 Å². The van der Waals surface area contributed by atoms with Crippen molar-refractivity contribution in [3.8, 4) is 5.75 Å². The van der Waals surface area contributed by atoms with E-state index in [0.717, 1.165) is 24.5 Å². The van der Waals surface area contributed by atoms with Crippen LogP contribution in [0.25, 0.3) is 0 Å². The van der Waals surface area contributed by atoms with E-state index in [4.69, 9.17) is 4.74 Å². The molecule has 2 N–H and O–H groups in total. The van der Waals surface area contributed by atoms with E-state index in [-0.39, 0.29) is 10.8 Å². The number of para-hydroxylation sites is 1. The zero-order chi connectivity index (χ0) is 26.7. The monoisotopic (exact) mass is 537 g/mol. The molecule has 0 amide bonds. The lowest BCUT2D eigenvalue weighted by Gasteiger charge is -2.43. The number of anilines is 5. The van der Waals surface area contributed by atoms with Gasteiger partial charge in [0.1, 0.15) is 12.1 Å². The first-order valence-electron chi connectivity index (χ1n) is 13.1. The third-order valence-electron chi connectivity index (χ3n) is 7.30. The quantitative estimate of drug-likeness (QED) is 0.411. The first-order valence-corrected chi connectivity index (χ1v) is 14.6. The van der Waals surface area contributed by atoms with Crippen LogP contribution in [0.3, 0.4) is 0 Å². The van der Waals surface area contributed by atoms with Crippen LogP contribution in [0, 0.1) is 0 Å². The maximum absolute atomic E-state index is 12.8. The van der Waals surface area contributed by atoms with Gasteiger partial charge in [-0.2, -0.15) is 4.98 Å². The fourth-order valence-electron chi connectivity index (χ4n) is 4.90. The van der Waals surface area contributed by atoms with Gasteiger partial charge in [0, 0.05) is 30.9 Å². The van der Waals surface area contributed by atoms with E-state index in [2.05, 4.69) is 41.5 Å². The largest absolute Gasteiger partial charge is 0.494 e. The van der Waals surface area contributed by atoms with Gasteiger partial charge in [0.15, 0.2) is 9.84 Å². The van der Waals surface area contributed by atoms with Gasteiger partial charge < -0.3 is 25.2 Å². The summed E-state index contributed by atoms with van der Waals surface area (Å²) in [7, 11) is -1.84. The minimum absolute atomic E-state index is 0.205. The Kier molecular flexibility index (Phi) is 7.66. The molecule has 2 saturated heterocycles. The number of nitrogens with zero attached hydrogens (tertiary/aromatic N) is 5. The van der Waals surface area contributed by atoms with Crippen LogP contribution < -0.4 is 20.3 Å². The number of hydrogen-bond acceptors (Lipinski definition) is 10. The molecule has 0 radical (unpaired) electrons. The summed E-state index contributed by atoms with van der Waals surface area (Å²) in [6.45, 7) is 7.88. The van der Waals surface area contributed by atoms with Gasteiger partial charge in [0.05, 0.1) is 28.6 Å². The van der Waals surface area contributed by atoms with Gasteiger partial charge in [-0.1, -0.05) is 12.1 Å². The maximum atomic E-state index is 12.8. The Morgan fingerprint density at radius 3 is 2.26 bits per heavy atom. The number of nitrogens with one attached hydrogen (secondary N) is 2. The number of hydrogen-bond donors (Lipinski definition) is 2. The summed E-state index contributed by atoms with van der Waals surface area (Å²) in [5, 5.41) is 5.69. The molecule has 3 heterocycles. The van der Waals surface area contributed by atoms with E-state index >= 15 is 0 Å². The Hall–Kier alpha value is -3.44. The Morgan fingerprint density at radius 1 is 0.947 bits per heavy atom. The summed E-state index contributed by atoms with van der Waals surface area (Å²) < 4.78 is 31.3. The van der Waals surface area contributed by atoms with E-state index in [0.29, 0.717) is 23.4 Å². The molecule has 202 valence electrons. The van der Waals surface area contributed by atoms with Crippen LogP contribution >= 0.6 is 0 Å². The summed E-state index contributed by atoms with van der Waals surface area (Å²) in [6, 6.07) is 13.6. The Balaban J connectivity index is 1.29. The van der Waals surface area contributed by atoms with Crippen LogP contribution in [0.5, 0.6) is 5.75 Å². The van der Waals surface area contributed by atoms with E-state index in [9.17, 15) is 8.42 Å². The highest BCUT2D eigenvalue weighted by Crippen LogP contribution is 2.34. The average Bonchev–Trinajstić information content (AvgIpc) is 2.89. The number of rotatable bonds is 9. The molecule has 2 aliphatic heterocycles. The number of sulfone groups is 1. The Labute approximate surface area is 224 Å². The SMILES string of the molecule is COc1cc(N2CCC(N3CCC3)CC2)ccc1Nc1ncnc(Nc2ccccc2S(=O)(=O)C(C)C)n1. The molecule has 10 nitrogen and oxygen atoms in total. The molecule has 0 saturated carbocycles. The van der Waals surface area contributed by atoms with Crippen molar-refractivity contribution in [1.29, 1.82) is 0 Å². The van der Waals surface area contributed by atoms with Crippen molar-refractivity contribution < 1.29 is 13.2 Å². The number of aromatic nitrogens is 3. The van der Waals surface area contributed by atoms with E-state index in [1.165, 1.54) is 38.7 Å². The molecule has 0 spiro atoms. The second-order valence-electron chi connectivity index (χ2n) is 9.96. The minimum Gasteiger partial charge on any atom is -0.494 e. The summed E-state index contributed by atoms with van der Waals surface area (Å²) in [4.78, 5) is 18.1. The van der Waals surface area contributed by atoms with Gasteiger partial charge in [-0.25, -0.2) is 18.4 Å². The van der Waals surface area contributed by atoms with Crippen molar-refractivity contribution in [2.45, 2.75) is 49.3 Å². The summed E-state index contributed by atoms with van der Waals surface area (Å²) >= 11 is 0. The molecule has 0 bridgehead atoms. The van der Waals surface area contributed by atoms with Crippen molar-refractivity contribution in [3.63, 3.8) is 0 Å². The highest BCUT2D eigenvalue weighted by Gasteiger charge is 2.28. The fraction of sp³-hybridized carbons (Fsp3) is 0.444. The molecule has 0 atom stereocenters. The highest BCUT2D eigenvalue weighted by molar-refractivity contribution is 7.92. The standard InChI is InChI=1S/C27H35N7O3S/c1-19(2)38(35,36)25-8-5-4-7-23(25)31-27-29-18-28-26(32-27)30-22-10-9-21(17-24(22)37-3)34-15-11-20(12-16-34)33-13-6-14-33/h4-5,7-10,17-20H,6,11-16H2,1-3H3,(H2,28,29,30,31,32). The third-order valence-corrected chi connectivity index (χ3v) is 9.51. The lowest BCUT2D eigenvalue weighted by atomic mass is 9.99. The molecule has 38 heavy (non-hydrogen) atoms. The van der Waals surface area contributed by atoms with Crippen LogP contribution in [0.2, 0.25) is 0 Å². The van der Waals surface area contributed by atoms with Crippen LogP contribution in [0.4, 0.5) is 29.0 Å². The topological polar surface area (TPSA) is 113 Å². The molecule has 2 fully saturated rings. The van der Waals surface area contributed by atoms with Gasteiger partial charge in [0.2, 0.25) is 11.9 Å². The van der Waals surface area contributed by atoms with Crippen molar-refractivity contribution in [3.05, 3.63) is 48.8 Å². The van der Waals surface area contributed by atoms with E-state index < -0.39 is 15.1 Å². The first kappa shape index (κ1) is 26.2. The minimum atomic E-state index is -3.49. The Morgan fingerprint density at radius 2 is 1.63 bits per heavy atom. The smallest absolute Gasteiger partial charge is 0.232 e. The number of ether oxygens (including phenoxy) is 1. The van der Waals surface area contributed by atoms with Crippen molar-refractivity contribution in [2.75, 3.05) is 48.8 Å². The molecule has 1 aromatic heterocycles. The zero-order valence-corrected chi connectivity index (χ0v) is 22.9. The predicted molar refractivity (Wildman–Crippen MR) is 150 cm³/mol. The normalized spacial score (nSPS) is 16.8. The molecule has 2 aromatic carbocycles. The number of methoxy groups -OCH3 is 1. The predicted octanol–water partition coefficient (Wildman–Crippen LogP) is 4.22. The van der Waals surface area contributed by atoms with Crippen molar-refractivity contribution in [1.82, 2.24) is 19.9 Å². The summed E-state index contributed by atoms with van der Waals surface area (Å²) in [6.07, 6.45) is 5.08. The number of piperidine rings is 1. The van der Waals surface area contributed by atoms with Gasteiger partial charge >= 0.3 is 0 Å². The maximum Gasteiger partial charge on any atom is 0.232 e. The van der Waals surface area contributed by atoms with Crippen molar-refractivity contribution in [2.24, 2.45) is 0 Å². The molecule has 11 heteroatoms. The summed E-state index contributed by atoms with van der Waals surface area (Å²) in [5.74, 6) is 1.23. The van der Waals surface area contributed by atoms with E-state index in [1.54, 1.807) is 45.2 Å². The fourth-order valence-corrected chi connectivity index (χ4v) is 6.11. The number of likely N-dealkylation sites (tertiary alicyclic amines) is 1. The molecule has 5 rings (SSSR count). The van der Waals surface area contributed by atoms with E-state index in [1.807, 2.05) is 12.1 Å². The van der Waals surface area contributed by atoms with Crippen molar-refractivity contribution >= 4 is 38.8 Å². The van der Waals surface area contributed by atoms with Gasteiger partial charge in [-0.05, 0) is 70.5 Å². The highest BCUT2D eigenvalue weighted by atomic mass is 32.2. The Bertz CT molecular complexity index is 1370. The second-order valence-corrected chi connectivity index (χ2v) is 12.4. The summed E-state index contributed by atoms with van der Waals surface area (Å²) in [5.41, 5.74) is 2.28. The molecular formula is C27H35N7O3S. The lowest BCUT2D eigenvalue weighted by molar-refractivity contribution is 0.100. The molecule has 3 aromatic rings.